The van der Waals surface area contributed by atoms with Crippen LogP contribution in [0.15, 0.2) is 48.4 Å². The molecule has 0 fully saturated rings. The number of rotatable bonds is 1. The molecule has 0 saturated heterocycles. The second kappa shape index (κ2) is 3.44. The van der Waals surface area contributed by atoms with Crippen molar-refractivity contribution in [2.45, 2.75) is 13.3 Å². The summed E-state index contributed by atoms with van der Waals surface area (Å²) in [6, 6.07) is 0. The van der Waals surface area contributed by atoms with Crippen LogP contribution in [0.1, 0.15) is 13.3 Å². The van der Waals surface area contributed by atoms with Gasteiger partial charge < -0.3 is 4.90 Å². The first-order chi connectivity index (χ1) is 5.61. The highest BCUT2D eigenvalue weighted by atomic mass is 15.1. The van der Waals surface area contributed by atoms with Crippen molar-refractivity contribution in [3.8, 4) is 0 Å². The van der Waals surface area contributed by atoms with E-state index in [1.54, 1.807) is 0 Å². The lowest BCUT2D eigenvalue weighted by Crippen LogP contribution is -2.14. The Bertz CT molecular complexity index is 269. The van der Waals surface area contributed by atoms with Crippen LogP contribution in [0.2, 0.25) is 0 Å². The fraction of sp³-hybridized carbons (Fsp3) is 0.273. The lowest BCUT2D eigenvalue weighted by atomic mass is 10.0. The number of allylic oxidation sites excluding steroid dienone is 4. The van der Waals surface area contributed by atoms with Crippen molar-refractivity contribution < 1.29 is 0 Å². The maximum absolute atomic E-state index is 3.99. The van der Waals surface area contributed by atoms with Crippen LogP contribution in [0.4, 0.5) is 0 Å². The molecule has 1 aliphatic heterocycles. The van der Waals surface area contributed by atoms with E-state index < -0.39 is 0 Å². The number of hydrogen-bond acceptors (Lipinski definition) is 1. The van der Waals surface area contributed by atoms with Crippen molar-refractivity contribution in [3.05, 3.63) is 48.4 Å². The highest BCUT2D eigenvalue weighted by Gasteiger charge is 2.08. The molecule has 1 heteroatoms. The summed E-state index contributed by atoms with van der Waals surface area (Å²) in [5.41, 5.74) is 3.41. The van der Waals surface area contributed by atoms with Crippen molar-refractivity contribution >= 4 is 0 Å². The Morgan fingerprint density at radius 2 is 2.33 bits per heavy atom. The molecule has 1 rings (SSSR count). The summed E-state index contributed by atoms with van der Waals surface area (Å²) < 4.78 is 0. The summed E-state index contributed by atoms with van der Waals surface area (Å²) in [4.78, 5) is 2.03. The van der Waals surface area contributed by atoms with Gasteiger partial charge in [0.1, 0.15) is 0 Å². The molecule has 0 unspecified atom stereocenters. The normalized spacial score (nSPS) is 20.3. The maximum atomic E-state index is 3.99. The van der Waals surface area contributed by atoms with E-state index in [1.165, 1.54) is 5.57 Å². The zero-order valence-electron chi connectivity index (χ0n) is 7.80. The lowest BCUT2D eigenvalue weighted by Gasteiger charge is -2.23. The van der Waals surface area contributed by atoms with E-state index in [2.05, 4.69) is 25.3 Å². The topological polar surface area (TPSA) is 3.24 Å². The molecule has 0 bridgehead atoms. The maximum Gasteiger partial charge on any atom is 0.0366 e. The summed E-state index contributed by atoms with van der Waals surface area (Å²) in [6.45, 7) is 9.84. The monoisotopic (exact) mass is 161 g/mol. The van der Waals surface area contributed by atoms with Gasteiger partial charge in [0.15, 0.2) is 0 Å². The smallest absolute Gasteiger partial charge is 0.0366 e. The van der Waals surface area contributed by atoms with Crippen molar-refractivity contribution in [1.29, 1.82) is 0 Å². The standard InChI is InChI=1S/C11H15N/c1-9(2)8-11-6-5-7-12(4)10(11)3/h5,7-8H,1,3,6H2,2,4H3/b11-8-. The van der Waals surface area contributed by atoms with Gasteiger partial charge in [-0.3, -0.25) is 0 Å². The van der Waals surface area contributed by atoms with Gasteiger partial charge in [-0.1, -0.05) is 30.9 Å². The molecule has 0 radical (unpaired) electrons. The number of likely N-dealkylation sites (N-methyl/N-ethyl adjacent to an activating group) is 1. The van der Waals surface area contributed by atoms with Crippen LogP contribution in [0.3, 0.4) is 0 Å². The second-order valence-electron chi connectivity index (χ2n) is 3.16. The first kappa shape index (κ1) is 8.85. The average Bonchev–Trinajstić information content (AvgIpc) is 1.98. The Hall–Kier alpha value is -1.24. The van der Waals surface area contributed by atoms with Crippen molar-refractivity contribution in [1.82, 2.24) is 4.90 Å². The molecule has 64 valence electrons. The minimum atomic E-state index is 0.968. The predicted molar refractivity (Wildman–Crippen MR) is 53.6 cm³/mol. The number of nitrogens with zero attached hydrogens (tertiary/aromatic N) is 1. The molecule has 0 spiro atoms. The summed E-state index contributed by atoms with van der Waals surface area (Å²) in [7, 11) is 2.00. The van der Waals surface area contributed by atoms with Crippen LogP contribution in [0, 0.1) is 0 Å². The van der Waals surface area contributed by atoms with Gasteiger partial charge in [-0.2, -0.15) is 0 Å². The summed E-state index contributed by atoms with van der Waals surface area (Å²) in [6.07, 6.45) is 7.22. The van der Waals surface area contributed by atoms with Crippen LogP contribution in [-0.2, 0) is 0 Å². The molecule has 1 nitrogen and oxygen atoms in total. The Labute approximate surface area is 74.4 Å². The van der Waals surface area contributed by atoms with E-state index in [4.69, 9.17) is 0 Å². The van der Waals surface area contributed by atoms with Crippen LogP contribution in [0.5, 0.6) is 0 Å². The molecule has 0 aromatic carbocycles. The van der Waals surface area contributed by atoms with Crippen LogP contribution in [-0.4, -0.2) is 11.9 Å². The van der Waals surface area contributed by atoms with Gasteiger partial charge in [0, 0.05) is 18.9 Å². The third-order valence-electron chi connectivity index (χ3n) is 1.88. The molecule has 0 saturated carbocycles. The molecule has 0 aliphatic carbocycles. The van der Waals surface area contributed by atoms with Gasteiger partial charge in [-0.15, -0.1) is 0 Å². The molecule has 12 heavy (non-hydrogen) atoms. The fourth-order valence-electron chi connectivity index (χ4n) is 1.21. The Kier molecular flexibility index (Phi) is 2.54. The van der Waals surface area contributed by atoms with Gasteiger partial charge in [0.05, 0.1) is 0 Å². The first-order valence-corrected chi connectivity index (χ1v) is 4.06. The quantitative estimate of drug-likeness (QED) is 0.571. The minimum Gasteiger partial charge on any atom is -0.352 e. The molecule has 1 aliphatic rings. The molecule has 0 aromatic rings. The molecular weight excluding hydrogens is 146 g/mol. The zero-order chi connectivity index (χ0) is 9.14. The van der Waals surface area contributed by atoms with E-state index in [0.717, 1.165) is 17.7 Å². The van der Waals surface area contributed by atoms with E-state index >= 15 is 0 Å². The van der Waals surface area contributed by atoms with Gasteiger partial charge in [-0.25, -0.2) is 0 Å². The predicted octanol–water partition coefficient (Wildman–Crippen LogP) is 2.85. The van der Waals surface area contributed by atoms with E-state index in [-0.39, 0.29) is 0 Å². The molecular formula is C11H15N. The van der Waals surface area contributed by atoms with Crippen LogP contribution in [0.25, 0.3) is 0 Å². The zero-order valence-corrected chi connectivity index (χ0v) is 7.80. The summed E-state index contributed by atoms with van der Waals surface area (Å²) >= 11 is 0. The Balaban J connectivity index is 2.88. The molecule has 0 atom stereocenters. The third-order valence-corrected chi connectivity index (χ3v) is 1.88. The minimum absolute atomic E-state index is 0.968. The molecule has 0 amide bonds. The van der Waals surface area contributed by atoms with Gasteiger partial charge >= 0.3 is 0 Å². The molecule has 0 N–H and O–H groups in total. The van der Waals surface area contributed by atoms with Crippen LogP contribution < -0.4 is 0 Å². The van der Waals surface area contributed by atoms with Crippen molar-refractivity contribution in [2.75, 3.05) is 7.05 Å². The highest BCUT2D eigenvalue weighted by molar-refractivity contribution is 5.37. The SMILES string of the molecule is C=C(C)/C=C1/CC=CN(C)C1=C. The summed E-state index contributed by atoms with van der Waals surface area (Å²) in [5, 5.41) is 0. The van der Waals surface area contributed by atoms with E-state index in [9.17, 15) is 0 Å². The van der Waals surface area contributed by atoms with Crippen molar-refractivity contribution in [3.63, 3.8) is 0 Å². The van der Waals surface area contributed by atoms with E-state index in [1.807, 2.05) is 25.1 Å². The van der Waals surface area contributed by atoms with Gasteiger partial charge in [-0.05, 0) is 18.9 Å². The van der Waals surface area contributed by atoms with Crippen LogP contribution >= 0.6 is 0 Å². The first-order valence-electron chi connectivity index (χ1n) is 4.06. The van der Waals surface area contributed by atoms with Gasteiger partial charge in [0.2, 0.25) is 0 Å². The highest BCUT2D eigenvalue weighted by Crippen LogP contribution is 2.22. The number of hydrogen-bond donors (Lipinski definition) is 0. The average molecular weight is 161 g/mol. The second-order valence-corrected chi connectivity index (χ2v) is 3.16. The van der Waals surface area contributed by atoms with Gasteiger partial charge in [0.25, 0.3) is 0 Å². The molecule has 1 heterocycles. The molecule has 0 aromatic heterocycles. The Morgan fingerprint density at radius 3 is 2.92 bits per heavy atom. The largest absolute Gasteiger partial charge is 0.352 e. The van der Waals surface area contributed by atoms with Crippen molar-refractivity contribution in [2.24, 2.45) is 0 Å². The Morgan fingerprint density at radius 1 is 1.67 bits per heavy atom. The van der Waals surface area contributed by atoms with E-state index in [0.29, 0.717) is 0 Å². The lowest BCUT2D eigenvalue weighted by molar-refractivity contribution is 0.563. The summed E-state index contributed by atoms with van der Waals surface area (Å²) in [5.74, 6) is 0. The fourth-order valence-corrected chi connectivity index (χ4v) is 1.21. The third kappa shape index (κ3) is 1.88.